The number of aliphatic hydroxyl groups excluding tert-OH is 1. The van der Waals surface area contributed by atoms with Crippen molar-refractivity contribution in [3.8, 4) is 0 Å². The van der Waals surface area contributed by atoms with E-state index >= 15 is 0 Å². The summed E-state index contributed by atoms with van der Waals surface area (Å²) in [6.45, 7) is -0.416. The van der Waals surface area contributed by atoms with Crippen LogP contribution in [-0.4, -0.2) is 48.6 Å². The number of H-pyrrole nitrogens is 1. The van der Waals surface area contributed by atoms with Gasteiger partial charge in [0, 0.05) is 12.2 Å². The van der Waals surface area contributed by atoms with Crippen molar-refractivity contribution in [2.75, 3.05) is 19.5 Å². The van der Waals surface area contributed by atoms with Crippen molar-refractivity contribution < 1.29 is 31.4 Å². The average molecular weight is 422 g/mol. The number of nitrogens with zero attached hydrogens (tertiary/aromatic N) is 1. The van der Waals surface area contributed by atoms with E-state index in [0.29, 0.717) is 10.6 Å². The van der Waals surface area contributed by atoms with Crippen LogP contribution >= 0.6 is 0 Å². The van der Waals surface area contributed by atoms with Crippen LogP contribution in [-0.2, 0) is 26.6 Å². The maximum absolute atomic E-state index is 13.6. The second-order valence-corrected chi connectivity index (χ2v) is 8.88. The van der Waals surface area contributed by atoms with E-state index in [4.69, 9.17) is 9.84 Å². The van der Waals surface area contributed by atoms with Crippen molar-refractivity contribution in [2.45, 2.75) is 30.5 Å². The number of aromatic nitrogens is 2. The minimum absolute atomic E-state index is 0.0688. The fourth-order valence-electron chi connectivity index (χ4n) is 3.30. The smallest absolute Gasteiger partial charge is 0.394 e. The van der Waals surface area contributed by atoms with Crippen molar-refractivity contribution in [3.63, 3.8) is 0 Å². The van der Waals surface area contributed by atoms with Gasteiger partial charge in [-0.05, 0) is 24.1 Å². The van der Waals surface area contributed by atoms with Gasteiger partial charge in [0.1, 0.15) is 5.88 Å². The molecule has 0 radical (unpaired) electrons. The molecule has 1 aliphatic rings. The minimum Gasteiger partial charge on any atom is -0.394 e. The predicted octanol–water partition coefficient (Wildman–Crippen LogP) is 0.576. The number of nitrogens with one attached hydrogen (secondary N) is 1. The Bertz CT molecular complexity index is 1140. The van der Waals surface area contributed by atoms with Crippen LogP contribution in [0.1, 0.15) is 23.5 Å². The molecule has 2 heterocycles. The molecule has 12 heteroatoms. The summed E-state index contributed by atoms with van der Waals surface area (Å²) in [4.78, 5) is 26.8. The zero-order valence-corrected chi connectivity index (χ0v) is 15.4. The number of hydrogen-bond acceptors (Lipinski definition) is 6. The molecular weight excluding hydrogens is 405 g/mol. The van der Waals surface area contributed by atoms with Crippen LogP contribution < -0.4 is 11.2 Å². The molecule has 154 valence electrons. The van der Waals surface area contributed by atoms with Gasteiger partial charge in [0.2, 0.25) is 0 Å². The van der Waals surface area contributed by atoms with Crippen LogP contribution in [0.4, 0.5) is 13.2 Å². The van der Waals surface area contributed by atoms with Crippen LogP contribution in [0.15, 0.2) is 21.7 Å². The largest absolute Gasteiger partial charge is 0.416 e. The lowest BCUT2D eigenvalue weighted by Crippen LogP contribution is -2.37. The standard InChI is InChI=1S/C16H17F3N2O6S/c1-28(25,26)7-21-14(23)11-3-10(8-2-9(5-22)27-6-8)12(16(17,18)19)4-13(11)20-15(21)24/h3-4,8-9,22H,2,5-7H2,1H3,(H,20,24)/t8-,9-/m1/s1. The summed E-state index contributed by atoms with van der Waals surface area (Å²) in [5.41, 5.74) is -3.69. The van der Waals surface area contributed by atoms with Crippen LogP contribution in [0, 0.1) is 0 Å². The number of alkyl halides is 3. The third kappa shape index (κ3) is 3.98. The number of aliphatic hydroxyl groups is 1. The van der Waals surface area contributed by atoms with Gasteiger partial charge in [-0.3, -0.25) is 4.79 Å². The number of rotatable bonds is 4. The van der Waals surface area contributed by atoms with Crippen LogP contribution in [0.25, 0.3) is 10.9 Å². The molecule has 2 aromatic rings. The third-order valence-corrected chi connectivity index (χ3v) is 5.27. The third-order valence-electron chi connectivity index (χ3n) is 4.54. The molecule has 0 saturated carbocycles. The fraction of sp³-hybridized carbons (Fsp3) is 0.500. The first kappa shape index (κ1) is 20.6. The maximum Gasteiger partial charge on any atom is 0.416 e. The van der Waals surface area contributed by atoms with Crippen LogP contribution in [0.5, 0.6) is 0 Å². The molecule has 28 heavy (non-hydrogen) atoms. The van der Waals surface area contributed by atoms with Crippen molar-refractivity contribution in [3.05, 3.63) is 44.1 Å². The van der Waals surface area contributed by atoms with Gasteiger partial charge >= 0.3 is 11.9 Å². The van der Waals surface area contributed by atoms with Gasteiger partial charge < -0.3 is 14.8 Å². The lowest BCUT2D eigenvalue weighted by molar-refractivity contribution is -0.138. The molecule has 0 unspecified atom stereocenters. The van der Waals surface area contributed by atoms with E-state index < -0.39 is 50.7 Å². The highest BCUT2D eigenvalue weighted by atomic mass is 32.2. The first-order valence-corrected chi connectivity index (χ1v) is 10.2. The Morgan fingerprint density at radius 3 is 2.54 bits per heavy atom. The highest BCUT2D eigenvalue weighted by molar-refractivity contribution is 7.89. The number of halogens is 3. The summed E-state index contributed by atoms with van der Waals surface area (Å²) in [5, 5.41) is 8.92. The van der Waals surface area contributed by atoms with E-state index in [1.54, 1.807) is 0 Å². The van der Waals surface area contributed by atoms with Gasteiger partial charge in [0.05, 0.1) is 35.8 Å². The molecule has 1 aromatic heterocycles. The monoisotopic (exact) mass is 422 g/mol. The summed E-state index contributed by atoms with van der Waals surface area (Å²) in [5.74, 6) is -1.61. The molecule has 0 amide bonds. The van der Waals surface area contributed by atoms with Crippen molar-refractivity contribution >= 4 is 20.7 Å². The molecule has 3 rings (SSSR count). The summed E-state index contributed by atoms with van der Waals surface area (Å²) < 4.78 is 69.3. The number of benzene rings is 1. The summed E-state index contributed by atoms with van der Waals surface area (Å²) in [6, 6.07) is 1.69. The van der Waals surface area contributed by atoms with Gasteiger partial charge in [-0.15, -0.1) is 0 Å². The van der Waals surface area contributed by atoms with E-state index in [2.05, 4.69) is 4.98 Å². The molecule has 1 fully saturated rings. The number of sulfone groups is 1. The van der Waals surface area contributed by atoms with E-state index in [-0.39, 0.29) is 36.1 Å². The van der Waals surface area contributed by atoms with Gasteiger partial charge in [0.15, 0.2) is 9.84 Å². The molecule has 8 nitrogen and oxygen atoms in total. The van der Waals surface area contributed by atoms with E-state index in [1.165, 1.54) is 0 Å². The van der Waals surface area contributed by atoms with E-state index in [1.807, 2.05) is 0 Å². The normalized spacial score (nSPS) is 20.8. The summed E-state index contributed by atoms with van der Waals surface area (Å²) >= 11 is 0. The van der Waals surface area contributed by atoms with Gasteiger partial charge in [-0.25, -0.2) is 17.8 Å². The molecule has 1 aliphatic heterocycles. The quantitative estimate of drug-likeness (QED) is 0.744. The number of fused-ring (bicyclic) bond motifs is 1. The second kappa shape index (κ2) is 7.01. The van der Waals surface area contributed by atoms with Crippen molar-refractivity contribution in [1.29, 1.82) is 0 Å². The van der Waals surface area contributed by atoms with Gasteiger partial charge in [-0.2, -0.15) is 13.2 Å². The Morgan fingerprint density at radius 1 is 1.32 bits per heavy atom. The lowest BCUT2D eigenvalue weighted by atomic mass is 9.90. The fourth-order valence-corrected chi connectivity index (χ4v) is 4.01. The van der Waals surface area contributed by atoms with E-state index in [0.717, 1.165) is 12.3 Å². The minimum atomic E-state index is -4.75. The first-order valence-electron chi connectivity index (χ1n) is 8.19. The highest BCUT2D eigenvalue weighted by Gasteiger charge is 2.38. The number of aromatic amines is 1. The number of hydrogen-bond donors (Lipinski definition) is 2. The maximum atomic E-state index is 13.6. The van der Waals surface area contributed by atoms with Crippen LogP contribution in [0.2, 0.25) is 0 Å². The van der Waals surface area contributed by atoms with Gasteiger partial charge in [-0.1, -0.05) is 0 Å². The zero-order valence-electron chi connectivity index (χ0n) is 14.6. The second-order valence-electron chi connectivity index (χ2n) is 6.77. The summed E-state index contributed by atoms with van der Waals surface area (Å²) in [7, 11) is -3.74. The molecule has 0 spiro atoms. The molecule has 1 saturated heterocycles. The SMILES string of the molecule is CS(=O)(=O)Cn1c(=O)[nH]c2cc(C(F)(F)F)c([C@H]3CO[C@@H](CO)C3)cc2c1=O. The van der Waals surface area contributed by atoms with E-state index in [9.17, 15) is 31.2 Å². The van der Waals surface area contributed by atoms with Gasteiger partial charge in [0.25, 0.3) is 5.56 Å². The molecule has 0 bridgehead atoms. The Hall–Kier alpha value is -2.18. The topological polar surface area (TPSA) is 118 Å². The molecule has 0 aliphatic carbocycles. The average Bonchev–Trinajstić information content (AvgIpc) is 3.05. The van der Waals surface area contributed by atoms with Crippen LogP contribution in [0.3, 0.4) is 0 Å². The molecule has 2 atom stereocenters. The van der Waals surface area contributed by atoms with Crippen molar-refractivity contribution in [2.24, 2.45) is 0 Å². The van der Waals surface area contributed by atoms with Crippen molar-refractivity contribution in [1.82, 2.24) is 9.55 Å². The molecule has 2 N–H and O–H groups in total. The highest BCUT2D eigenvalue weighted by Crippen LogP contribution is 2.40. The molecular formula is C16H17F3N2O6S. The molecule has 1 aromatic carbocycles. The zero-order chi connectivity index (χ0) is 20.9. The first-order chi connectivity index (χ1) is 12.9. The Labute approximate surface area is 156 Å². The number of ether oxygens (including phenoxy) is 1. The Kier molecular flexibility index (Phi) is 5.15. The predicted molar refractivity (Wildman–Crippen MR) is 92.9 cm³/mol. The summed E-state index contributed by atoms with van der Waals surface area (Å²) in [6.07, 6.45) is -4.41. The Morgan fingerprint density at radius 2 is 2.00 bits per heavy atom. The Balaban J connectivity index is 2.26. The lowest BCUT2D eigenvalue weighted by Gasteiger charge is -2.18.